The summed E-state index contributed by atoms with van der Waals surface area (Å²) in [7, 11) is 6.15. The van der Waals surface area contributed by atoms with Crippen LogP contribution in [0.25, 0.3) is 0 Å². The summed E-state index contributed by atoms with van der Waals surface area (Å²) in [4.78, 5) is 6.49. The van der Waals surface area contributed by atoms with Crippen molar-refractivity contribution in [2.45, 2.75) is 45.6 Å². The fourth-order valence-electron chi connectivity index (χ4n) is 3.09. The van der Waals surface area contributed by atoms with E-state index in [1.54, 1.807) is 0 Å². The summed E-state index contributed by atoms with van der Waals surface area (Å²) in [5.41, 5.74) is 1.75. The zero-order chi connectivity index (χ0) is 13.9. The third-order valence-corrected chi connectivity index (χ3v) is 4.38. The third kappa shape index (κ3) is 3.50. The minimum Gasteiger partial charge on any atom is -0.348 e. The zero-order valence-corrected chi connectivity index (χ0v) is 12.9. The van der Waals surface area contributed by atoms with Gasteiger partial charge in [0.15, 0.2) is 0 Å². The molecular formula is C15H28N4. The lowest BCUT2D eigenvalue weighted by Gasteiger charge is -2.33. The van der Waals surface area contributed by atoms with Gasteiger partial charge in [-0.25, -0.2) is 4.98 Å². The van der Waals surface area contributed by atoms with Crippen molar-refractivity contribution in [1.29, 1.82) is 0 Å². The molecule has 1 aromatic heterocycles. The van der Waals surface area contributed by atoms with E-state index in [9.17, 15) is 0 Å². The summed E-state index contributed by atoms with van der Waals surface area (Å²) in [6.07, 6.45) is 8.93. The summed E-state index contributed by atoms with van der Waals surface area (Å²) in [5.74, 6) is 1.01. The van der Waals surface area contributed by atoms with Gasteiger partial charge in [0.05, 0.1) is 11.9 Å². The molecular weight excluding hydrogens is 236 g/mol. The molecule has 1 saturated carbocycles. The number of hydrogen-bond acceptors (Lipinski definition) is 3. The van der Waals surface area contributed by atoms with Crippen LogP contribution in [0.1, 0.15) is 44.7 Å². The number of nitrogens with zero attached hydrogens (tertiary/aromatic N) is 3. The molecule has 2 rings (SSSR count). The van der Waals surface area contributed by atoms with Gasteiger partial charge in [0, 0.05) is 34.2 Å². The van der Waals surface area contributed by atoms with E-state index in [-0.39, 0.29) is 0 Å². The molecule has 0 amide bonds. The highest BCUT2D eigenvalue weighted by atomic mass is 15.3. The van der Waals surface area contributed by atoms with Gasteiger partial charge in [-0.3, -0.25) is 0 Å². The SMILES string of the molecule is CN(C)c1ncc(CNCC2(C)CCCCC2)n1C. The van der Waals surface area contributed by atoms with E-state index in [0.717, 1.165) is 19.0 Å². The van der Waals surface area contributed by atoms with E-state index in [1.807, 2.05) is 25.2 Å². The van der Waals surface area contributed by atoms with Crippen LogP contribution in [-0.2, 0) is 13.6 Å². The van der Waals surface area contributed by atoms with E-state index in [0.29, 0.717) is 5.41 Å². The fourth-order valence-corrected chi connectivity index (χ4v) is 3.09. The van der Waals surface area contributed by atoms with Gasteiger partial charge in [0.25, 0.3) is 0 Å². The Kier molecular flexibility index (Phi) is 4.50. The Bertz CT molecular complexity index is 402. The largest absolute Gasteiger partial charge is 0.348 e. The van der Waals surface area contributed by atoms with Crippen molar-refractivity contribution in [3.63, 3.8) is 0 Å². The maximum atomic E-state index is 4.45. The van der Waals surface area contributed by atoms with Crippen LogP contribution in [0, 0.1) is 5.41 Å². The van der Waals surface area contributed by atoms with Crippen LogP contribution in [0.4, 0.5) is 5.95 Å². The molecule has 1 aromatic rings. The first kappa shape index (κ1) is 14.4. The average Bonchev–Trinajstić information content (AvgIpc) is 2.72. The summed E-state index contributed by atoms with van der Waals surface area (Å²) < 4.78 is 2.16. The van der Waals surface area contributed by atoms with Gasteiger partial charge in [-0.05, 0) is 18.3 Å². The normalized spacial score (nSPS) is 18.5. The van der Waals surface area contributed by atoms with Crippen LogP contribution in [-0.4, -0.2) is 30.2 Å². The molecule has 108 valence electrons. The molecule has 1 fully saturated rings. The van der Waals surface area contributed by atoms with Crippen molar-refractivity contribution in [2.24, 2.45) is 12.5 Å². The standard InChI is InChI=1S/C15H28N4/c1-15(8-6-5-7-9-15)12-16-10-13-11-17-14(18(2)3)19(13)4/h11,16H,5-10,12H2,1-4H3. The average molecular weight is 264 g/mol. The van der Waals surface area contributed by atoms with Gasteiger partial charge >= 0.3 is 0 Å². The molecule has 0 bridgehead atoms. The molecule has 0 aliphatic heterocycles. The summed E-state index contributed by atoms with van der Waals surface area (Å²) >= 11 is 0. The van der Waals surface area contributed by atoms with Crippen molar-refractivity contribution >= 4 is 5.95 Å². The van der Waals surface area contributed by atoms with Crippen LogP contribution in [0.15, 0.2) is 6.20 Å². The lowest BCUT2D eigenvalue weighted by atomic mass is 9.76. The second-order valence-corrected chi connectivity index (χ2v) is 6.48. The molecule has 0 spiro atoms. The summed E-state index contributed by atoms with van der Waals surface area (Å²) in [6, 6.07) is 0. The Morgan fingerprint density at radius 1 is 1.32 bits per heavy atom. The van der Waals surface area contributed by atoms with Gasteiger partial charge in [-0.15, -0.1) is 0 Å². The van der Waals surface area contributed by atoms with Gasteiger partial charge < -0.3 is 14.8 Å². The maximum Gasteiger partial charge on any atom is 0.204 e. The second-order valence-electron chi connectivity index (χ2n) is 6.48. The highest BCUT2D eigenvalue weighted by Crippen LogP contribution is 2.34. The zero-order valence-electron chi connectivity index (χ0n) is 12.9. The third-order valence-electron chi connectivity index (χ3n) is 4.38. The monoisotopic (exact) mass is 264 g/mol. The van der Waals surface area contributed by atoms with Crippen LogP contribution < -0.4 is 10.2 Å². The summed E-state index contributed by atoms with van der Waals surface area (Å²) in [5, 5.41) is 3.63. The van der Waals surface area contributed by atoms with E-state index < -0.39 is 0 Å². The molecule has 0 aromatic carbocycles. The van der Waals surface area contributed by atoms with E-state index in [1.165, 1.54) is 37.8 Å². The minimum atomic E-state index is 0.501. The van der Waals surface area contributed by atoms with Crippen LogP contribution in [0.3, 0.4) is 0 Å². The highest BCUT2D eigenvalue weighted by Gasteiger charge is 2.26. The number of nitrogens with one attached hydrogen (secondary N) is 1. The lowest BCUT2D eigenvalue weighted by molar-refractivity contribution is 0.207. The number of aromatic nitrogens is 2. The maximum absolute atomic E-state index is 4.45. The number of anilines is 1. The molecule has 0 saturated heterocycles. The molecule has 1 N–H and O–H groups in total. The summed E-state index contributed by atoms with van der Waals surface area (Å²) in [6.45, 7) is 4.45. The van der Waals surface area contributed by atoms with Crippen molar-refractivity contribution in [2.75, 3.05) is 25.5 Å². The molecule has 1 heterocycles. The highest BCUT2D eigenvalue weighted by molar-refractivity contribution is 5.30. The van der Waals surface area contributed by atoms with E-state index in [4.69, 9.17) is 0 Å². The Morgan fingerprint density at radius 3 is 2.58 bits per heavy atom. The number of imidazole rings is 1. The smallest absolute Gasteiger partial charge is 0.204 e. The minimum absolute atomic E-state index is 0.501. The molecule has 4 heteroatoms. The topological polar surface area (TPSA) is 33.1 Å². The first-order chi connectivity index (χ1) is 9.02. The lowest BCUT2D eigenvalue weighted by Crippen LogP contribution is -2.33. The molecule has 4 nitrogen and oxygen atoms in total. The van der Waals surface area contributed by atoms with Crippen molar-refractivity contribution in [1.82, 2.24) is 14.9 Å². The van der Waals surface area contributed by atoms with Crippen molar-refractivity contribution in [3.05, 3.63) is 11.9 Å². The van der Waals surface area contributed by atoms with Gasteiger partial charge in [0.1, 0.15) is 0 Å². The van der Waals surface area contributed by atoms with E-state index in [2.05, 4.69) is 28.8 Å². The first-order valence-corrected chi connectivity index (χ1v) is 7.40. The molecule has 19 heavy (non-hydrogen) atoms. The Labute approximate surface area is 117 Å². The van der Waals surface area contributed by atoms with Crippen molar-refractivity contribution < 1.29 is 0 Å². The van der Waals surface area contributed by atoms with Gasteiger partial charge in [-0.1, -0.05) is 26.2 Å². The molecule has 1 aliphatic carbocycles. The molecule has 1 aliphatic rings. The number of rotatable bonds is 5. The predicted octanol–water partition coefficient (Wildman–Crippen LogP) is 2.55. The Balaban J connectivity index is 1.85. The van der Waals surface area contributed by atoms with Crippen LogP contribution >= 0.6 is 0 Å². The first-order valence-electron chi connectivity index (χ1n) is 7.40. The molecule has 0 atom stereocenters. The van der Waals surface area contributed by atoms with Crippen molar-refractivity contribution in [3.8, 4) is 0 Å². The van der Waals surface area contributed by atoms with Crippen LogP contribution in [0.5, 0.6) is 0 Å². The fraction of sp³-hybridized carbons (Fsp3) is 0.800. The molecule has 0 radical (unpaired) electrons. The Morgan fingerprint density at radius 2 is 2.00 bits per heavy atom. The number of hydrogen-bond donors (Lipinski definition) is 1. The van der Waals surface area contributed by atoms with E-state index >= 15 is 0 Å². The van der Waals surface area contributed by atoms with Gasteiger partial charge in [-0.2, -0.15) is 0 Å². The Hall–Kier alpha value is -1.03. The quantitative estimate of drug-likeness (QED) is 0.887. The second kappa shape index (κ2) is 5.95. The van der Waals surface area contributed by atoms with Gasteiger partial charge in [0.2, 0.25) is 5.95 Å². The predicted molar refractivity (Wildman–Crippen MR) is 80.4 cm³/mol. The molecule has 0 unspecified atom stereocenters. The van der Waals surface area contributed by atoms with Crippen LogP contribution in [0.2, 0.25) is 0 Å².